The molecule has 3 rings (SSSR count). The number of benzene rings is 1. The molecule has 18 heavy (non-hydrogen) atoms. The Morgan fingerprint density at radius 1 is 0.889 bits per heavy atom. The molecule has 0 spiro atoms. The smallest absolute Gasteiger partial charge is 0.0415 e. The third kappa shape index (κ3) is 2.25. The maximum absolute atomic E-state index is 2.57. The van der Waals surface area contributed by atoms with Gasteiger partial charge < -0.3 is 14.7 Å². The summed E-state index contributed by atoms with van der Waals surface area (Å²) in [6, 6.07) is 6.85. The van der Waals surface area contributed by atoms with Gasteiger partial charge in [0.15, 0.2) is 0 Å². The third-order valence-corrected chi connectivity index (χ3v) is 4.28. The molecule has 0 N–H and O–H groups in total. The van der Waals surface area contributed by atoms with E-state index < -0.39 is 0 Å². The van der Waals surface area contributed by atoms with Gasteiger partial charge in [-0.25, -0.2) is 0 Å². The first-order chi connectivity index (χ1) is 8.74. The maximum Gasteiger partial charge on any atom is 0.0415 e. The van der Waals surface area contributed by atoms with Crippen LogP contribution in [0.1, 0.15) is 11.1 Å². The van der Waals surface area contributed by atoms with Gasteiger partial charge in [-0.05, 0) is 37.7 Å². The second kappa shape index (κ2) is 4.90. The molecule has 0 bridgehead atoms. The zero-order valence-corrected chi connectivity index (χ0v) is 11.5. The highest BCUT2D eigenvalue weighted by Gasteiger charge is 2.21. The van der Waals surface area contributed by atoms with Gasteiger partial charge in [0, 0.05) is 45.0 Å². The van der Waals surface area contributed by atoms with Gasteiger partial charge in [-0.1, -0.05) is 12.1 Å². The quantitative estimate of drug-likeness (QED) is 0.741. The van der Waals surface area contributed by atoms with Gasteiger partial charge in [0.25, 0.3) is 0 Å². The second-order valence-electron chi connectivity index (χ2n) is 5.69. The highest BCUT2D eigenvalue weighted by Crippen LogP contribution is 2.29. The number of hydrogen-bond donors (Lipinski definition) is 0. The molecular weight excluding hydrogens is 222 g/mol. The Hall–Kier alpha value is -1.06. The van der Waals surface area contributed by atoms with Gasteiger partial charge in [0.2, 0.25) is 0 Å². The number of fused-ring (bicyclic) bond motifs is 1. The van der Waals surface area contributed by atoms with Crippen LogP contribution >= 0.6 is 0 Å². The minimum Gasteiger partial charge on any atom is -0.369 e. The summed E-state index contributed by atoms with van der Waals surface area (Å²) >= 11 is 0. The van der Waals surface area contributed by atoms with E-state index in [1.807, 2.05) is 0 Å². The number of piperazine rings is 1. The summed E-state index contributed by atoms with van der Waals surface area (Å²) in [7, 11) is 4.44. The number of anilines is 1. The summed E-state index contributed by atoms with van der Waals surface area (Å²) in [6.07, 6.45) is 1.20. The molecule has 3 nitrogen and oxygen atoms in total. The average Bonchev–Trinajstić information content (AvgIpc) is 2.39. The fraction of sp³-hybridized carbons (Fsp3) is 0.600. The minimum atomic E-state index is 1.11. The molecule has 0 aliphatic carbocycles. The van der Waals surface area contributed by atoms with Gasteiger partial charge in [-0.2, -0.15) is 0 Å². The Kier molecular flexibility index (Phi) is 3.27. The first kappa shape index (κ1) is 12.0. The van der Waals surface area contributed by atoms with Crippen molar-refractivity contribution in [2.24, 2.45) is 0 Å². The van der Waals surface area contributed by atoms with E-state index in [4.69, 9.17) is 0 Å². The molecule has 3 heteroatoms. The van der Waals surface area contributed by atoms with Crippen LogP contribution in [0.5, 0.6) is 0 Å². The Bertz CT molecular complexity index is 422. The van der Waals surface area contributed by atoms with Crippen molar-refractivity contribution in [2.75, 3.05) is 51.7 Å². The standard InChI is InChI=1S/C15H23N3/c1-16-8-10-18(11-9-16)15-5-3-4-13-6-7-17(2)12-14(13)15/h3-5H,6-12H2,1-2H3. The summed E-state index contributed by atoms with van der Waals surface area (Å²) in [5.41, 5.74) is 4.60. The van der Waals surface area contributed by atoms with E-state index in [9.17, 15) is 0 Å². The van der Waals surface area contributed by atoms with Gasteiger partial charge in [-0.15, -0.1) is 0 Å². The molecular formula is C15H23N3. The molecule has 0 atom stereocenters. The molecule has 0 unspecified atom stereocenters. The van der Waals surface area contributed by atoms with Crippen molar-refractivity contribution in [3.8, 4) is 0 Å². The van der Waals surface area contributed by atoms with Crippen LogP contribution in [0.3, 0.4) is 0 Å². The first-order valence-corrected chi connectivity index (χ1v) is 6.97. The number of hydrogen-bond acceptors (Lipinski definition) is 3. The van der Waals surface area contributed by atoms with Crippen LogP contribution in [0.4, 0.5) is 5.69 Å². The van der Waals surface area contributed by atoms with E-state index in [2.05, 4.69) is 47.0 Å². The third-order valence-electron chi connectivity index (χ3n) is 4.28. The van der Waals surface area contributed by atoms with E-state index in [0.29, 0.717) is 0 Å². The summed E-state index contributed by atoms with van der Waals surface area (Å²) in [4.78, 5) is 7.41. The van der Waals surface area contributed by atoms with Crippen LogP contribution < -0.4 is 4.90 Å². The minimum absolute atomic E-state index is 1.11. The Morgan fingerprint density at radius 3 is 2.44 bits per heavy atom. The Balaban J connectivity index is 1.88. The molecule has 2 heterocycles. The van der Waals surface area contributed by atoms with Crippen LogP contribution in [0.15, 0.2) is 18.2 Å². The number of likely N-dealkylation sites (N-methyl/N-ethyl adjacent to an activating group) is 2. The monoisotopic (exact) mass is 245 g/mol. The average molecular weight is 245 g/mol. The summed E-state index contributed by atoms with van der Waals surface area (Å²) in [5.74, 6) is 0. The van der Waals surface area contributed by atoms with Gasteiger partial charge in [0.05, 0.1) is 0 Å². The molecule has 1 aromatic rings. The zero-order chi connectivity index (χ0) is 12.5. The van der Waals surface area contributed by atoms with Crippen molar-refractivity contribution in [3.05, 3.63) is 29.3 Å². The van der Waals surface area contributed by atoms with Crippen LogP contribution in [-0.2, 0) is 13.0 Å². The van der Waals surface area contributed by atoms with Crippen molar-refractivity contribution >= 4 is 5.69 Å². The Labute approximate surface area is 110 Å². The highest BCUT2D eigenvalue weighted by molar-refractivity contribution is 5.58. The molecule has 0 saturated carbocycles. The lowest BCUT2D eigenvalue weighted by Gasteiger charge is -2.37. The largest absolute Gasteiger partial charge is 0.369 e. The van der Waals surface area contributed by atoms with Gasteiger partial charge in [0.1, 0.15) is 0 Å². The topological polar surface area (TPSA) is 9.72 Å². The molecule has 2 aliphatic rings. The molecule has 0 aromatic heterocycles. The van der Waals surface area contributed by atoms with Crippen molar-refractivity contribution in [3.63, 3.8) is 0 Å². The lowest BCUT2D eigenvalue weighted by Crippen LogP contribution is -2.45. The van der Waals surface area contributed by atoms with Crippen molar-refractivity contribution in [1.82, 2.24) is 9.80 Å². The van der Waals surface area contributed by atoms with E-state index in [-0.39, 0.29) is 0 Å². The van der Waals surface area contributed by atoms with Crippen LogP contribution in [0.25, 0.3) is 0 Å². The van der Waals surface area contributed by atoms with Crippen LogP contribution in [-0.4, -0.2) is 56.6 Å². The van der Waals surface area contributed by atoms with Crippen molar-refractivity contribution < 1.29 is 0 Å². The Morgan fingerprint density at radius 2 is 1.67 bits per heavy atom. The normalized spacial score (nSPS) is 22.0. The second-order valence-corrected chi connectivity index (χ2v) is 5.69. The molecule has 1 aromatic carbocycles. The predicted molar refractivity (Wildman–Crippen MR) is 76.2 cm³/mol. The molecule has 0 amide bonds. The van der Waals surface area contributed by atoms with E-state index in [0.717, 1.165) is 19.6 Å². The summed E-state index contributed by atoms with van der Waals surface area (Å²) < 4.78 is 0. The van der Waals surface area contributed by atoms with E-state index in [1.54, 1.807) is 11.1 Å². The van der Waals surface area contributed by atoms with Gasteiger partial charge >= 0.3 is 0 Å². The van der Waals surface area contributed by atoms with Crippen molar-refractivity contribution in [2.45, 2.75) is 13.0 Å². The predicted octanol–water partition coefficient (Wildman–Crippen LogP) is 1.43. The van der Waals surface area contributed by atoms with E-state index in [1.165, 1.54) is 31.7 Å². The summed E-state index contributed by atoms with van der Waals surface area (Å²) in [6.45, 7) is 6.99. The number of nitrogens with zero attached hydrogens (tertiary/aromatic N) is 3. The molecule has 1 fully saturated rings. The lowest BCUT2D eigenvalue weighted by molar-refractivity contribution is 0.304. The van der Waals surface area contributed by atoms with E-state index >= 15 is 0 Å². The number of rotatable bonds is 1. The fourth-order valence-corrected chi connectivity index (χ4v) is 3.04. The molecule has 0 radical (unpaired) electrons. The molecule has 1 saturated heterocycles. The van der Waals surface area contributed by atoms with Crippen molar-refractivity contribution in [1.29, 1.82) is 0 Å². The molecule has 2 aliphatic heterocycles. The highest BCUT2D eigenvalue weighted by atomic mass is 15.3. The summed E-state index contributed by atoms with van der Waals surface area (Å²) in [5, 5.41) is 0. The maximum atomic E-state index is 2.57. The van der Waals surface area contributed by atoms with Gasteiger partial charge in [-0.3, -0.25) is 0 Å². The first-order valence-electron chi connectivity index (χ1n) is 6.97. The van der Waals surface area contributed by atoms with Crippen LogP contribution in [0.2, 0.25) is 0 Å². The molecule has 98 valence electrons. The fourth-order valence-electron chi connectivity index (χ4n) is 3.04. The van der Waals surface area contributed by atoms with Crippen LogP contribution in [0, 0.1) is 0 Å². The zero-order valence-electron chi connectivity index (χ0n) is 11.5. The lowest BCUT2D eigenvalue weighted by atomic mass is 9.97. The SMILES string of the molecule is CN1CCN(c2cccc3c2CN(C)CC3)CC1.